The summed E-state index contributed by atoms with van der Waals surface area (Å²) in [5, 5.41) is 38.9. The highest BCUT2D eigenvalue weighted by Gasteiger charge is 2.14. The van der Waals surface area contributed by atoms with Crippen LogP contribution in [0.1, 0.15) is 39.4 Å². The first-order valence-corrected chi connectivity index (χ1v) is 6.17. The number of phenols is 2. The minimum Gasteiger partial charge on any atom is -0.504 e. The summed E-state index contributed by atoms with van der Waals surface area (Å²) in [4.78, 5) is 9.00. The van der Waals surface area contributed by atoms with Gasteiger partial charge in [0.15, 0.2) is 11.5 Å². The molecule has 1 atom stereocenters. The SMILES string of the molecule is CC(=O)O.CC(C)(C)NC[C@@H](O)c1ccc(O)c(O)c1. The minimum atomic E-state index is -0.833. The van der Waals surface area contributed by atoms with Crippen molar-refractivity contribution in [2.75, 3.05) is 6.54 Å². The zero-order valence-electron chi connectivity index (χ0n) is 12.2. The van der Waals surface area contributed by atoms with Crippen LogP contribution in [0.15, 0.2) is 18.2 Å². The maximum Gasteiger partial charge on any atom is 0.300 e. The van der Waals surface area contributed by atoms with E-state index in [1.54, 1.807) is 6.07 Å². The van der Waals surface area contributed by atoms with Crippen molar-refractivity contribution in [3.8, 4) is 11.5 Å². The Morgan fingerprint density at radius 2 is 1.75 bits per heavy atom. The first kappa shape index (κ1) is 18.2. The molecule has 5 N–H and O–H groups in total. The summed E-state index contributed by atoms with van der Waals surface area (Å²) in [5.41, 5.74) is 0.506. The summed E-state index contributed by atoms with van der Waals surface area (Å²) in [6.07, 6.45) is -0.703. The summed E-state index contributed by atoms with van der Waals surface area (Å²) >= 11 is 0. The Morgan fingerprint density at radius 3 is 2.15 bits per heavy atom. The highest BCUT2D eigenvalue weighted by atomic mass is 16.4. The van der Waals surface area contributed by atoms with Gasteiger partial charge in [-0.2, -0.15) is 0 Å². The van der Waals surface area contributed by atoms with Crippen molar-refractivity contribution in [3.05, 3.63) is 23.8 Å². The third kappa shape index (κ3) is 8.34. The van der Waals surface area contributed by atoms with Gasteiger partial charge in [0.2, 0.25) is 0 Å². The van der Waals surface area contributed by atoms with Gasteiger partial charge in [0.05, 0.1) is 6.10 Å². The summed E-state index contributed by atoms with van der Waals surface area (Å²) in [5.74, 6) is -1.23. The van der Waals surface area contributed by atoms with Crippen molar-refractivity contribution in [2.45, 2.75) is 39.3 Å². The number of aliphatic carboxylic acids is 1. The molecule has 0 bridgehead atoms. The van der Waals surface area contributed by atoms with E-state index in [1.165, 1.54) is 12.1 Å². The minimum absolute atomic E-state index is 0.0695. The van der Waals surface area contributed by atoms with Crippen LogP contribution in [0.2, 0.25) is 0 Å². The molecule has 1 rings (SSSR count). The van der Waals surface area contributed by atoms with Gasteiger partial charge in [-0.1, -0.05) is 6.07 Å². The summed E-state index contributed by atoms with van der Waals surface area (Å²) in [7, 11) is 0. The first-order chi connectivity index (χ1) is 9.03. The molecular formula is C14H23NO5. The second-order valence-corrected chi connectivity index (χ2v) is 5.41. The van der Waals surface area contributed by atoms with E-state index in [2.05, 4.69) is 5.32 Å². The number of aliphatic hydroxyl groups excluding tert-OH is 1. The van der Waals surface area contributed by atoms with E-state index in [-0.39, 0.29) is 17.0 Å². The van der Waals surface area contributed by atoms with Crippen LogP contribution in [0.5, 0.6) is 11.5 Å². The Morgan fingerprint density at radius 1 is 1.25 bits per heavy atom. The Hall–Kier alpha value is -1.79. The number of benzene rings is 1. The van der Waals surface area contributed by atoms with Crippen molar-refractivity contribution in [3.63, 3.8) is 0 Å². The fourth-order valence-corrected chi connectivity index (χ4v) is 1.27. The van der Waals surface area contributed by atoms with Crippen LogP contribution in [0.25, 0.3) is 0 Å². The quantitative estimate of drug-likeness (QED) is 0.540. The highest BCUT2D eigenvalue weighted by Crippen LogP contribution is 2.27. The third-order valence-corrected chi connectivity index (χ3v) is 2.21. The molecule has 0 fully saturated rings. The number of carboxylic acids is 1. The number of phenolic OH excluding ortho intramolecular Hbond substituents is 2. The first-order valence-electron chi connectivity index (χ1n) is 6.17. The zero-order valence-corrected chi connectivity index (χ0v) is 12.2. The second-order valence-electron chi connectivity index (χ2n) is 5.41. The van der Waals surface area contributed by atoms with Gasteiger partial charge in [-0.15, -0.1) is 0 Å². The molecule has 0 radical (unpaired) electrons. The lowest BCUT2D eigenvalue weighted by Crippen LogP contribution is -2.38. The molecule has 1 aromatic carbocycles. The van der Waals surface area contributed by atoms with E-state index < -0.39 is 12.1 Å². The number of β-amino-alcohol motifs (C(OH)–C–C–N with tert-alkyl or cyclic N) is 1. The summed E-state index contributed by atoms with van der Waals surface area (Å²) < 4.78 is 0. The van der Waals surface area contributed by atoms with E-state index in [1.807, 2.05) is 20.8 Å². The van der Waals surface area contributed by atoms with Gasteiger partial charge in [0.25, 0.3) is 5.97 Å². The van der Waals surface area contributed by atoms with Gasteiger partial charge in [-0.05, 0) is 38.5 Å². The number of aliphatic hydroxyl groups is 1. The van der Waals surface area contributed by atoms with Gasteiger partial charge in [-0.3, -0.25) is 4.79 Å². The van der Waals surface area contributed by atoms with Gasteiger partial charge in [-0.25, -0.2) is 0 Å². The molecule has 0 aliphatic heterocycles. The average molecular weight is 285 g/mol. The smallest absolute Gasteiger partial charge is 0.300 e. The normalized spacial score (nSPS) is 12.2. The fraction of sp³-hybridized carbons (Fsp3) is 0.500. The van der Waals surface area contributed by atoms with E-state index in [0.29, 0.717) is 12.1 Å². The maximum atomic E-state index is 9.84. The van der Waals surface area contributed by atoms with Gasteiger partial charge in [0, 0.05) is 19.0 Å². The molecule has 0 unspecified atom stereocenters. The molecule has 0 saturated heterocycles. The lowest BCUT2D eigenvalue weighted by atomic mass is 10.1. The number of carboxylic acid groups (broad SMARTS) is 1. The molecule has 0 amide bonds. The molecular weight excluding hydrogens is 262 g/mol. The van der Waals surface area contributed by atoms with Crippen LogP contribution in [0.3, 0.4) is 0 Å². The number of hydrogen-bond acceptors (Lipinski definition) is 5. The van der Waals surface area contributed by atoms with Crippen molar-refractivity contribution in [1.29, 1.82) is 0 Å². The predicted molar refractivity (Wildman–Crippen MR) is 75.8 cm³/mol. The largest absolute Gasteiger partial charge is 0.504 e. The maximum absolute atomic E-state index is 9.84. The Bertz CT molecular complexity index is 436. The third-order valence-electron chi connectivity index (χ3n) is 2.21. The molecule has 0 heterocycles. The zero-order chi connectivity index (χ0) is 15.9. The number of carbonyl (C=O) groups is 1. The summed E-state index contributed by atoms with van der Waals surface area (Å²) in [6.45, 7) is 7.50. The molecule has 0 aliphatic carbocycles. The van der Waals surface area contributed by atoms with E-state index in [9.17, 15) is 10.2 Å². The highest BCUT2D eigenvalue weighted by molar-refractivity contribution is 5.62. The number of aromatic hydroxyl groups is 2. The van der Waals surface area contributed by atoms with E-state index >= 15 is 0 Å². The van der Waals surface area contributed by atoms with Crippen molar-refractivity contribution < 1.29 is 25.2 Å². The molecule has 20 heavy (non-hydrogen) atoms. The lowest BCUT2D eigenvalue weighted by molar-refractivity contribution is -0.134. The Labute approximate surface area is 118 Å². The number of hydrogen-bond donors (Lipinski definition) is 5. The second kappa shape index (κ2) is 7.72. The van der Waals surface area contributed by atoms with E-state index in [0.717, 1.165) is 6.92 Å². The molecule has 0 aromatic heterocycles. The molecule has 0 spiro atoms. The Kier molecular flexibility index (Phi) is 7.02. The fourth-order valence-electron chi connectivity index (χ4n) is 1.27. The van der Waals surface area contributed by atoms with Crippen LogP contribution in [-0.4, -0.2) is 38.5 Å². The lowest BCUT2D eigenvalue weighted by Gasteiger charge is -2.23. The predicted octanol–water partition coefficient (Wildman–Crippen LogP) is 1.61. The molecule has 6 heteroatoms. The topological polar surface area (TPSA) is 110 Å². The van der Waals surface area contributed by atoms with Gasteiger partial charge >= 0.3 is 0 Å². The van der Waals surface area contributed by atoms with Crippen LogP contribution < -0.4 is 5.32 Å². The average Bonchev–Trinajstić information content (AvgIpc) is 2.28. The molecule has 6 nitrogen and oxygen atoms in total. The molecule has 0 aliphatic rings. The molecule has 114 valence electrons. The van der Waals surface area contributed by atoms with Crippen LogP contribution in [-0.2, 0) is 4.79 Å². The standard InChI is InChI=1S/C12H19NO3.C2H4O2/c1-12(2,3)13-7-11(16)8-4-5-9(14)10(15)6-8;1-2(3)4/h4-6,11,13-16H,7H2,1-3H3;1H3,(H,3,4)/t11-;/m1./s1. The van der Waals surface area contributed by atoms with Crippen molar-refractivity contribution in [2.24, 2.45) is 0 Å². The number of rotatable bonds is 3. The monoisotopic (exact) mass is 285 g/mol. The van der Waals surface area contributed by atoms with Gasteiger partial charge < -0.3 is 25.7 Å². The van der Waals surface area contributed by atoms with Crippen molar-refractivity contribution >= 4 is 5.97 Å². The van der Waals surface area contributed by atoms with Crippen LogP contribution >= 0.6 is 0 Å². The molecule has 1 aromatic rings. The Balaban J connectivity index is 0.000000796. The van der Waals surface area contributed by atoms with Crippen LogP contribution in [0, 0.1) is 0 Å². The van der Waals surface area contributed by atoms with E-state index in [4.69, 9.17) is 15.0 Å². The van der Waals surface area contributed by atoms with Gasteiger partial charge in [0.1, 0.15) is 0 Å². The summed E-state index contributed by atoms with van der Waals surface area (Å²) in [6, 6.07) is 4.32. The van der Waals surface area contributed by atoms with Crippen molar-refractivity contribution in [1.82, 2.24) is 5.32 Å². The van der Waals surface area contributed by atoms with Crippen LogP contribution in [0.4, 0.5) is 0 Å². The molecule has 0 saturated carbocycles. The number of nitrogens with one attached hydrogen (secondary N) is 1.